The van der Waals surface area contributed by atoms with Crippen LogP contribution >= 0.6 is 0 Å². The highest BCUT2D eigenvalue weighted by Crippen LogP contribution is 2.34. The Kier molecular flexibility index (Phi) is 11.1. The van der Waals surface area contributed by atoms with Crippen LogP contribution in [0.2, 0.25) is 0 Å². The molecule has 0 aliphatic heterocycles. The molecule has 29 heavy (non-hydrogen) atoms. The van der Waals surface area contributed by atoms with E-state index in [0.29, 0.717) is 0 Å². The topological polar surface area (TPSA) is 52.6 Å². The van der Waals surface area contributed by atoms with Crippen molar-refractivity contribution in [3.63, 3.8) is 0 Å². The maximum Gasteiger partial charge on any atom is 0.309 e. The molecule has 2 aliphatic rings. The standard InChI is InChI=1S/C25H44O4/c1-4-6-8-9-19(3)28-24(26)22-15-17-23(18-16-22)29-25(27)21-13-11-20(12-14-21)10-7-5-2/h19-23H,4-18H2,1-3H3. The predicted octanol–water partition coefficient (Wildman–Crippen LogP) is 6.60. The van der Waals surface area contributed by atoms with E-state index in [1.807, 2.05) is 6.92 Å². The fourth-order valence-corrected chi connectivity index (χ4v) is 4.89. The van der Waals surface area contributed by atoms with Crippen LogP contribution in [0.4, 0.5) is 0 Å². The van der Waals surface area contributed by atoms with Crippen molar-refractivity contribution in [3.05, 3.63) is 0 Å². The number of hydrogen-bond donors (Lipinski definition) is 0. The summed E-state index contributed by atoms with van der Waals surface area (Å²) in [6.45, 7) is 6.42. The summed E-state index contributed by atoms with van der Waals surface area (Å²) in [5.41, 5.74) is 0. The third-order valence-corrected chi connectivity index (χ3v) is 6.97. The van der Waals surface area contributed by atoms with Gasteiger partial charge in [0.15, 0.2) is 0 Å². The summed E-state index contributed by atoms with van der Waals surface area (Å²) < 4.78 is 11.5. The molecule has 0 radical (unpaired) electrons. The fraction of sp³-hybridized carbons (Fsp3) is 0.920. The number of rotatable bonds is 11. The first kappa shape index (κ1) is 24.2. The Morgan fingerprint density at radius 2 is 1.38 bits per heavy atom. The molecule has 0 aromatic carbocycles. The van der Waals surface area contributed by atoms with E-state index in [2.05, 4.69) is 13.8 Å². The van der Waals surface area contributed by atoms with E-state index < -0.39 is 0 Å². The van der Waals surface area contributed by atoms with Gasteiger partial charge in [-0.2, -0.15) is 0 Å². The molecular weight excluding hydrogens is 364 g/mol. The zero-order chi connectivity index (χ0) is 21.1. The lowest BCUT2D eigenvalue weighted by molar-refractivity contribution is -0.160. The summed E-state index contributed by atoms with van der Waals surface area (Å²) in [5, 5.41) is 0. The van der Waals surface area contributed by atoms with Crippen LogP contribution in [0.5, 0.6) is 0 Å². The minimum atomic E-state index is -0.0517. The fourth-order valence-electron chi connectivity index (χ4n) is 4.89. The quantitative estimate of drug-likeness (QED) is 0.285. The molecule has 2 saturated carbocycles. The highest BCUT2D eigenvalue weighted by molar-refractivity contribution is 5.73. The maximum absolute atomic E-state index is 12.6. The normalized spacial score (nSPS) is 28.5. The largest absolute Gasteiger partial charge is 0.462 e. The second kappa shape index (κ2) is 13.3. The minimum absolute atomic E-state index is 0.00802. The number of esters is 2. The number of hydrogen-bond acceptors (Lipinski definition) is 4. The van der Waals surface area contributed by atoms with Crippen LogP contribution in [0, 0.1) is 17.8 Å². The van der Waals surface area contributed by atoms with E-state index in [-0.39, 0.29) is 36.0 Å². The molecule has 1 atom stereocenters. The maximum atomic E-state index is 12.6. The van der Waals surface area contributed by atoms with Crippen LogP contribution in [0.1, 0.15) is 117 Å². The van der Waals surface area contributed by atoms with Gasteiger partial charge >= 0.3 is 11.9 Å². The van der Waals surface area contributed by atoms with Gasteiger partial charge in [0.1, 0.15) is 6.10 Å². The van der Waals surface area contributed by atoms with E-state index in [0.717, 1.165) is 57.3 Å². The first-order chi connectivity index (χ1) is 14.0. The molecule has 2 fully saturated rings. The van der Waals surface area contributed by atoms with Crippen molar-refractivity contribution < 1.29 is 19.1 Å². The summed E-state index contributed by atoms with van der Waals surface area (Å²) >= 11 is 0. The Hall–Kier alpha value is -1.06. The van der Waals surface area contributed by atoms with Gasteiger partial charge in [0, 0.05) is 0 Å². The lowest BCUT2D eigenvalue weighted by Crippen LogP contribution is -2.32. The SMILES string of the molecule is CCCCCC(C)OC(=O)C1CCC(OC(=O)C2CCC(CCCC)CC2)CC1. The Bertz CT molecular complexity index is 473. The molecule has 2 aliphatic carbocycles. The third kappa shape index (κ3) is 8.68. The molecule has 0 saturated heterocycles. The highest BCUT2D eigenvalue weighted by Gasteiger charge is 2.33. The molecule has 0 N–H and O–H groups in total. The molecule has 168 valence electrons. The van der Waals surface area contributed by atoms with Crippen LogP contribution in [0.15, 0.2) is 0 Å². The van der Waals surface area contributed by atoms with Crippen LogP contribution in [0.3, 0.4) is 0 Å². The number of carbonyl (C=O) groups is 2. The molecule has 2 rings (SSSR count). The second-order valence-corrected chi connectivity index (χ2v) is 9.51. The summed E-state index contributed by atoms with van der Waals surface area (Å²) in [7, 11) is 0. The van der Waals surface area contributed by atoms with E-state index in [9.17, 15) is 9.59 Å². The van der Waals surface area contributed by atoms with Gasteiger partial charge in [0.25, 0.3) is 0 Å². The molecule has 0 amide bonds. The van der Waals surface area contributed by atoms with Crippen LogP contribution in [-0.2, 0) is 19.1 Å². The summed E-state index contributed by atoms with van der Waals surface area (Å²) in [4.78, 5) is 25.0. The molecule has 0 aromatic heterocycles. The lowest BCUT2D eigenvalue weighted by atomic mass is 9.80. The molecule has 0 heterocycles. The van der Waals surface area contributed by atoms with Gasteiger partial charge in [-0.25, -0.2) is 0 Å². The first-order valence-corrected chi connectivity index (χ1v) is 12.4. The Morgan fingerprint density at radius 3 is 2.00 bits per heavy atom. The summed E-state index contributed by atoms with van der Waals surface area (Å²) in [6, 6.07) is 0. The van der Waals surface area contributed by atoms with Crippen molar-refractivity contribution in [2.75, 3.05) is 0 Å². The molecule has 0 aromatic rings. The van der Waals surface area contributed by atoms with Crippen molar-refractivity contribution in [3.8, 4) is 0 Å². The van der Waals surface area contributed by atoms with Crippen molar-refractivity contribution in [2.24, 2.45) is 17.8 Å². The molecule has 0 bridgehead atoms. The van der Waals surface area contributed by atoms with E-state index in [1.54, 1.807) is 0 Å². The van der Waals surface area contributed by atoms with Gasteiger partial charge in [0.2, 0.25) is 0 Å². The van der Waals surface area contributed by atoms with Crippen molar-refractivity contribution in [1.82, 2.24) is 0 Å². The van der Waals surface area contributed by atoms with Crippen molar-refractivity contribution in [2.45, 2.75) is 129 Å². The van der Waals surface area contributed by atoms with Crippen LogP contribution in [-0.4, -0.2) is 24.1 Å². The predicted molar refractivity (Wildman–Crippen MR) is 117 cm³/mol. The zero-order valence-electron chi connectivity index (χ0n) is 19.1. The summed E-state index contributed by atoms with van der Waals surface area (Å²) in [5.74, 6) is 0.843. The van der Waals surface area contributed by atoms with Crippen LogP contribution < -0.4 is 0 Å². The summed E-state index contributed by atoms with van der Waals surface area (Å²) in [6.07, 6.45) is 15.8. The minimum Gasteiger partial charge on any atom is -0.462 e. The van der Waals surface area contributed by atoms with E-state index in [1.165, 1.54) is 44.9 Å². The van der Waals surface area contributed by atoms with Crippen molar-refractivity contribution >= 4 is 11.9 Å². The van der Waals surface area contributed by atoms with Gasteiger partial charge in [0.05, 0.1) is 17.9 Å². The number of carbonyl (C=O) groups excluding carboxylic acids is 2. The van der Waals surface area contributed by atoms with Gasteiger partial charge in [-0.15, -0.1) is 0 Å². The van der Waals surface area contributed by atoms with E-state index in [4.69, 9.17) is 9.47 Å². The number of unbranched alkanes of at least 4 members (excludes halogenated alkanes) is 3. The molecule has 1 unspecified atom stereocenters. The Morgan fingerprint density at radius 1 is 0.793 bits per heavy atom. The Labute approximate surface area is 178 Å². The monoisotopic (exact) mass is 408 g/mol. The van der Waals surface area contributed by atoms with Gasteiger partial charge in [-0.1, -0.05) is 46.0 Å². The van der Waals surface area contributed by atoms with Gasteiger partial charge in [-0.3, -0.25) is 9.59 Å². The van der Waals surface area contributed by atoms with Gasteiger partial charge < -0.3 is 9.47 Å². The zero-order valence-corrected chi connectivity index (χ0v) is 19.1. The lowest BCUT2D eigenvalue weighted by Gasteiger charge is -2.31. The average Bonchev–Trinajstić information content (AvgIpc) is 2.73. The van der Waals surface area contributed by atoms with Crippen molar-refractivity contribution in [1.29, 1.82) is 0 Å². The average molecular weight is 409 g/mol. The number of ether oxygens (including phenoxy) is 2. The Balaban J connectivity index is 1.62. The highest BCUT2D eigenvalue weighted by atomic mass is 16.5. The van der Waals surface area contributed by atoms with E-state index >= 15 is 0 Å². The molecular formula is C25H44O4. The molecule has 4 nitrogen and oxygen atoms in total. The van der Waals surface area contributed by atoms with Gasteiger partial charge in [-0.05, 0) is 77.0 Å². The molecule has 0 spiro atoms. The smallest absolute Gasteiger partial charge is 0.309 e. The molecule has 4 heteroatoms. The second-order valence-electron chi connectivity index (χ2n) is 9.51. The third-order valence-electron chi connectivity index (χ3n) is 6.97. The van der Waals surface area contributed by atoms with Crippen LogP contribution in [0.25, 0.3) is 0 Å². The first-order valence-electron chi connectivity index (χ1n) is 12.4.